The van der Waals surface area contributed by atoms with Crippen LogP contribution in [-0.4, -0.2) is 26.2 Å². The van der Waals surface area contributed by atoms with E-state index in [1.54, 1.807) is 23.7 Å². The van der Waals surface area contributed by atoms with E-state index in [2.05, 4.69) is 20.8 Å². The van der Waals surface area contributed by atoms with Crippen molar-refractivity contribution in [1.82, 2.24) is 20.2 Å². The monoisotopic (exact) mass is 521 g/mol. The molecule has 2 heterocycles. The Morgan fingerprint density at radius 3 is 2.56 bits per heavy atom. The summed E-state index contributed by atoms with van der Waals surface area (Å²) in [7, 11) is 0. The highest BCUT2D eigenvalue weighted by Gasteiger charge is 2.35. The number of benzene rings is 3. The molecular formula is C26H21Cl2N5O3. The molecule has 0 radical (unpaired) electrons. The van der Waals surface area contributed by atoms with Crippen LogP contribution >= 0.6 is 23.2 Å². The molecule has 36 heavy (non-hydrogen) atoms. The van der Waals surface area contributed by atoms with E-state index >= 15 is 0 Å². The third kappa shape index (κ3) is 5.05. The van der Waals surface area contributed by atoms with Crippen molar-refractivity contribution in [3.05, 3.63) is 111 Å². The highest BCUT2D eigenvalue weighted by Crippen LogP contribution is 2.35. The summed E-state index contributed by atoms with van der Waals surface area (Å²) in [4.78, 5) is 13.2. The normalized spacial score (nSPS) is 14.7. The zero-order valence-electron chi connectivity index (χ0n) is 19.2. The average molecular weight is 522 g/mol. The van der Waals surface area contributed by atoms with Gasteiger partial charge in [-0.25, -0.2) is 4.79 Å². The predicted octanol–water partition coefficient (Wildman–Crippen LogP) is 5.59. The fourth-order valence-electron chi connectivity index (χ4n) is 3.93. The fourth-order valence-corrected chi connectivity index (χ4v) is 4.39. The van der Waals surface area contributed by atoms with Gasteiger partial charge in [-0.05, 0) is 52.7 Å². The first-order valence-electron chi connectivity index (χ1n) is 11.1. The number of ether oxygens (including phenoxy) is 2. The number of fused-ring (bicyclic) bond motifs is 1. The molecule has 0 fully saturated rings. The lowest BCUT2D eigenvalue weighted by molar-refractivity contribution is -0.140. The maximum absolute atomic E-state index is 13.2. The van der Waals surface area contributed by atoms with Crippen LogP contribution in [0.25, 0.3) is 0 Å². The summed E-state index contributed by atoms with van der Waals surface area (Å²) in [6.07, 6.45) is 0. The molecule has 8 nitrogen and oxygen atoms in total. The summed E-state index contributed by atoms with van der Waals surface area (Å²) >= 11 is 12.2. The molecule has 0 saturated heterocycles. The van der Waals surface area contributed by atoms with Crippen LogP contribution in [-0.2, 0) is 22.7 Å². The molecule has 3 aromatic carbocycles. The van der Waals surface area contributed by atoms with Gasteiger partial charge in [-0.1, -0.05) is 76.8 Å². The number of halogens is 2. The molecule has 182 valence electrons. The minimum Gasteiger partial charge on any atom is -0.489 e. The number of rotatable bonds is 7. The van der Waals surface area contributed by atoms with E-state index in [4.69, 9.17) is 32.7 Å². The van der Waals surface area contributed by atoms with Gasteiger partial charge in [0.1, 0.15) is 25.0 Å². The summed E-state index contributed by atoms with van der Waals surface area (Å²) < 4.78 is 13.1. The smallest absolute Gasteiger partial charge is 0.338 e. The third-order valence-corrected chi connectivity index (χ3v) is 6.34. The molecule has 1 N–H and O–H groups in total. The van der Waals surface area contributed by atoms with Crippen LogP contribution in [0.3, 0.4) is 0 Å². The Bertz CT molecular complexity index is 1420. The van der Waals surface area contributed by atoms with Crippen molar-refractivity contribution in [1.29, 1.82) is 0 Å². The van der Waals surface area contributed by atoms with Gasteiger partial charge in [-0.2, -0.15) is 4.68 Å². The number of carbonyl (C=O) groups is 1. The second-order valence-electron chi connectivity index (χ2n) is 8.17. The van der Waals surface area contributed by atoms with Gasteiger partial charge in [0, 0.05) is 21.3 Å². The van der Waals surface area contributed by atoms with E-state index in [0.717, 1.165) is 16.7 Å². The molecule has 10 heteroatoms. The van der Waals surface area contributed by atoms with Gasteiger partial charge in [-0.15, -0.1) is 0 Å². The van der Waals surface area contributed by atoms with Crippen molar-refractivity contribution in [3.8, 4) is 5.75 Å². The van der Waals surface area contributed by atoms with E-state index in [1.807, 2.05) is 60.7 Å². The summed E-state index contributed by atoms with van der Waals surface area (Å²) in [5.74, 6) is 0.632. The number of aromatic nitrogens is 4. The highest BCUT2D eigenvalue weighted by atomic mass is 35.5. The predicted molar refractivity (Wildman–Crippen MR) is 136 cm³/mol. The van der Waals surface area contributed by atoms with Crippen LogP contribution in [0.4, 0.5) is 5.95 Å². The van der Waals surface area contributed by atoms with Crippen molar-refractivity contribution < 1.29 is 14.3 Å². The van der Waals surface area contributed by atoms with Crippen LogP contribution in [0.15, 0.2) is 84.1 Å². The molecule has 0 spiro atoms. The Morgan fingerprint density at radius 2 is 1.81 bits per heavy atom. The standard InChI is InChI=1S/C26H21Cl2N5O3/c1-16-23(25(34)36-14-17-5-3-2-4-6-17)24(33-26(29-16)30-31-32-33)18-8-11-21(12-9-18)35-15-19-7-10-20(27)13-22(19)28/h2-13,24H,14-15H2,1H3,(H,29,30,32). The second-order valence-corrected chi connectivity index (χ2v) is 9.01. The van der Waals surface area contributed by atoms with Crippen LogP contribution in [0.5, 0.6) is 5.75 Å². The quantitative estimate of drug-likeness (QED) is 0.317. The number of carbonyl (C=O) groups excluding carboxylic acids is 1. The summed E-state index contributed by atoms with van der Waals surface area (Å²) in [6.45, 7) is 2.25. The first kappa shape index (κ1) is 23.8. The SMILES string of the molecule is CC1=C(C(=O)OCc2ccccc2)C(c2ccc(OCc3ccc(Cl)cc3Cl)cc2)n2nnnc2N1. The van der Waals surface area contributed by atoms with Crippen molar-refractivity contribution in [2.24, 2.45) is 0 Å². The molecule has 4 aromatic rings. The number of esters is 1. The molecule has 5 rings (SSSR count). The van der Waals surface area contributed by atoms with E-state index < -0.39 is 12.0 Å². The van der Waals surface area contributed by atoms with Crippen LogP contribution < -0.4 is 10.1 Å². The second kappa shape index (κ2) is 10.4. The Kier molecular flexibility index (Phi) is 6.88. The van der Waals surface area contributed by atoms with Crippen LogP contribution in [0.1, 0.15) is 29.7 Å². The van der Waals surface area contributed by atoms with Gasteiger partial charge < -0.3 is 14.8 Å². The molecular weight excluding hydrogens is 501 g/mol. The minimum atomic E-state index is -0.570. The van der Waals surface area contributed by atoms with E-state index in [1.165, 1.54) is 0 Å². The maximum atomic E-state index is 13.2. The Labute approximate surface area is 217 Å². The molecule has 1 aromatic heterocycles. The van der Waals surface area contributed by atoms with Gasteiger partial charge >= 0.3 is 5.97 Å². The summed E-state index contributed by atoms with van der Waals surface area (Å²) in [5.41, 5.74) is 3.57. The first-order valence-corrected chi connectivity index (χ1v) is 11.9. The minimum absolute atomic E-state index is 0.158. The molecule has 1 aliphatic heterocycles. The molecule has 0 saturated carbocycles. The maximum Gasteiger partial charge on any atom is 0.338 e. The largest absolute Gasteiger partial charge is 0.489 e. The molecule has 0 amide bonds. The van der Waals surface area contributed by atoms with Crippen molar-refractivity contribution in [3.63, 3.8) is 0 Å². The Morgan fingerprint density at radius 1 is 1.03 bits per heavy atom. The number of tetrazole rings is 1. The Hall–Kier alpha value is -3.88. The molecule has 0 bridgehead atoms. The summed E-state index contributed by atoms with van der Waals surface area (Å²) in [6, 6.07) is 21.6. The zero-order chi connectivity index (χ0) is 25.1. The number of hydrogen-bond acceptors (Lipinski definition) is 7. The van der Waals surface area contributed by atoms with Crippen molar-refractivity contribution >= 4 is 35.1 Å². The third-order valence-electron chi connectivity index (χ3n) is 5.75. The van der Waals surface area contributed by atoms with E-state index in [9.17, 15) is 4.79 Å². The van der Waals surface area contributed by atoms with Gasteiger partial charge in [0.15, 0.2) is 0 Å². The van der Waals surface area contributed by atoms with Crippen LogP contribution in [0, 0.1) is 0 Å². The molecule has 1 unspecified atom stereocenters. The molecule has 1 aliphatic rings. The van der Waals surface area contributed by atoms with E-state index in [-0.39, 0.29) is 13.2 Å². The van der Waals surface area contributed by atoms with Gasteiger partial charge in [0.25, 0.3) is 0 Å². The zero-order valence-corrected chi connectivity index (χ0v) is 20.7. The van der Waals surface area contributed by atoms with Gasteiger partial charge in [0.05, 0.1) is 5.57 Å². The topological polar surface area (TPSA) is 91.2 Å². The fraction of sp³-hybridized carbons (Fsp3) is 0.154. The number of hydrogen-bond donors (Lipinski definition) is 1. The highest BCUT2D eigenvalue weighted by molar-refractivity contribution is 6.35. The van der Waals surface area contributed by atoms with E-state index in [0.29, 0.717) is 33.0 Å². The van der Waals surface area contributed by atoms with Gasteiger partial charge in [-0.3, -0.25) is 0 Å². The molecule has 0 aliphatic carbocycles. The van der Waals surface area contributed by atoms with Crippen molar-refractivity contribution in [2.75, 3.05) is 5.32 Å². The lowest BCUT2D eigenvalue weighted by Crippen LogP contribution is -2.29. The lowest BCUT2D eigenvalue weighted by atomic mass is 9.95. The van der Waals surface area contributed by atoms with Crippen molar-refractivity contribution in [2.45, 2.75) is 26.2 Å². The average Bonchev–Trinajstić information content (AvgIpc) is 3.35. The summed E-state index contributed by atoms with van der Waals surface area (Å²) in [5, 5.41) is 16.1. The molecule has 1 atom stereocenters. The number of nitrogens with zero attached hydrogens (tertiary/aromatic N) is 4. The number of allylic oxidation sites excluding steroid dienone is 1. The first-order chi connectivity index (χ1) is 17.5. The number of nitrogens with one attached hydrogen (secondary N) is 1. The Balaban J connectivity index is 1.37. The van der Waals surface area contributed by atoms with Gasteiger partial charge in [0.2, 0.25) is 5.95 Å². The lowest BCUT2D eigenvalue weighted by Gasteiger charge is -2.27. The van der Waals surface area contributed by atoms with Crippen LogP contribution in [0.2, 0.25) is 10.0 Å². The number of anilines is 1.